The minimum Gasteiger partial charge on any atom is -0.393 e. The maximum Gasteiger partial charge on any atom is 0.190 e. The first-order chi connectivity index (χ1) is 15.1. The summed E-state index contributed by atoms with van der Waals surface area (Å²) in [5.41, 5.74) is 5.52. The second-order valence-electron chi connectivity index (χ2n) is 9.45. The number of pyridine rings is 1. The molecule has 32 heavy (non-hydrogen) atoms. The average molecular weight is 450 g/mol. The first-order valence-corrected chi connectivity index (χ1v) is 11.4. The van der Waals surface area contributed by atoms with Gasteiger partial charge in [0.15, 0.2) is 12.1 Å². The van der Waals surface area contributed by atoms with Gasteiger partial charge in [0.1, 0.15) is 31.0 Å². The normalized spacial score (nSPS) is 30.2. The number of oxime groups is 1. The Morgan fingerprint density at radius 3 is 2.91 bits per heavy atom. The van der Waals surface area contributed by atoms with Crippen LogP contribution in [0.25, 0.3) is 0 Å². The van der Waals surface area contributed by atoms with Gasteiger partial charge in [0, 0.05) is 25.2 Å². The topological polar surface area (TPSA) is 106 Å². The number of rotatable bonds is 7. The fourth-order valence-corrected chi connectivity index (χ4v) is 4.48. The second kappa shape index (κ2) is 9.23. The zero-order valence-electron chi connectivity index (χ0n) is 19.6. The third kappa shape index (κ3) is 4.92. The minimum absolute atomic E-state index is 0.0865. The van der Waals surface area contributed by atoms with Crippen molar-refractivity contribution in [3.63, 3.8) is 0 Å². The highest BCUT2D eigenvalue weighted by molar-refractivity contribution is 5.81. The lowest BCUT2D eigenvalue weighted by Crippen LogP contribution is -2.42. The van der Waals surface area contributed by atoms with E-state index in [1.54, 1.807) is 13.8 Å². The highest BCUT2D eigenvalue weighted by Crippen LogP contribution is 2.38. The number of fused-ring (bicyclic) bond motifs is 2. The van der Waals surface area contributed by atoms with Crippen LogP contribution in [0.4, 0.5) is 5.69 Å². The number of aromatic nitrogens is 1. The van der Waals surface area contributed by atoms with E-state index in [1.165, 1.54) is 16.9 Å². The molecule has 5 atom stereocenters. The van der Waals surface area contributed by atoms with Crippen LogP contribution < -0.4 is 4.90 Å². The number of aryl methyl sites for hydroxylation is 3. The third-order valence-corrected chi connectivity index (χ3v) is 6.35. The standard InChI is InChI=1S/C23H35N3O6/c1-13-11-17-16(24-15(13)3)7-6-9-26(17)10-8-14(2)25-29-12-18(27)20-19(28)21-22(30-20)32-23(4,5)31-21/h11,18-22,27-28H,6-10,12H2,1-5H3/b25-14+/t18-,19+,20-,21-,22-/m1/s1. The van der Waals surface area contributed by atoms with E-state index in [0.717, 1.165) is 43.8 Å². The Kier molecular flexibility index (Phi) is 6.74. The zero-order valence-corrected chi connectivity index (χ0v) is 19.6. The molecule has 0 unspecified atom stereocenters. The molecule has 0 bridgehead atoms. The summed E-state index contributed by atoms with van der Waals surface area (Å²) in [5.74, 6) is -0.813. The molecule has 0 radical (unpaired) electrons. The summed E-state index contributed by atoms with van der Waals surface area (Å²) in [7, 11) is 0. The molecule has 0 aliphatic carbocycles. The quantitative estimate of drug-likeness (QED) is 0.480. The Labute approximate surface area is 189 Å². The van der Waals surface area contributed by atoms with E-state index in [0.29, 0.717) is 0 Å². The fraction of sp³-hybridized carbons (Fsp3) is 0.739. The highest BCUT2D eigenvalue weighted by Gasteiger charge is 2.56. The van der Waals surface area contributed by atoms with E-state index in [9.17, 15) is 10.2 Å². The van der Waals surface area contributed by atoms with Crippen molar-refractivity contribution >= 4 is 11.4 Å². The second-order valence-corrected chi connectivity index (χ2v) is 9.45. The monoisotopic (exact) mass is 449 g/mol. The lowest BCUT2D eigenvalue weighted by atomic mass is 10.0. The Morgan fingerprint density at radius 1 is 1.38 bits per heavy atom. The van der Waals surface area contributed by atoms with Gasteiger partial charge in [0.2, 0.25) is 0 Å². The molecule has 3 aliphatic rings. The number of anilines is 1. The van der Waals surface area contributed by atoms with E-state index in [1.807, 2.05) is 6.92 Å². The van der Waals surface area contributed by atoms with Crippen molar-refractivity contribution in [1.82, 2.24) is 4.98 Å². The minimum atomic E-state index is -1.05. The molecule has 0 amide bonds. The Morgan fingerprint density at radius 2 is 2.16 bits per heavy atom. The zero-order chi connectivity index (χ0) is 23.0. The number of aliphatic hydroxyl groups excluding tert-OH is 2. The number of ether oxygens (including phenoxy) is 3. The van der Waals surface area contributed by atoms with Crippen LogP contribution in [0.3, 0.4) is 0 Å². The number of nitrogens with zero attached hydrogens (tertiary/aromatic N) is 3. The van der Waals surface area contributed by atoms with E-state index in [-0.39, 0.29) is 6.61 Å². The summed E-state index contributed by atoms with van der Waals surface area (Å²) in [5, 5.41) is 25.0. The molecule has 178 valence electrons. The van der Waals surface area contributed by atoms with Gasteiger partial charge >= 0.3 is 0 Å². The number of hydrogen-bond acceptors (Lipinski definition) is 9. The van der Waals surface area contributed by atoms with Crippen LogP contribution in [0.1, 0.15) is 50.6 Å². The highest BCUT2D eigenvalue weighted by atomic mass is 16.8. The summed E-state index contributed by atoms with van der Waals surface area (Å²) < 4.78 is 16.9. The van der Waals surface area contributed by atoms with Gasteiger partial charge in [0.05, 0.1) is 17.1 Å². The first kappa shape index (κ1) is 23.4. The maximum absolute atomic E-state index is 10.4. The number of aliphatic hydroxyl groups is 2. The molecule has 2 saturated heterocycles. The molecule has 1 aromatic rings. The molecular weight excluding hydrogens is 414 g/mol. The third-order valence-electron chi connectivity index (χ3n) is 6.35. The van der Waals surface area contributed by atoms with Crippen LogP contribution in [0.2, 0.25) is 0 Å². The van der Waals surface area contributed by atoms with Crippen molar-refractivity contribution in [3.8, 4) is 0 Å². The van der Waals surface area contributed by atoms with Crippen LogP contribution in [-0.2, 0) is 25.5 Å². The van der Waals surface area contributed by atoms with Crippen molar-refractivity contribution in [2.24, 2.45) is 5.16 Å². The van der Waals surface area contributed by atoms with E-state index in [4.69, 9.17) is 24.0 Å². The van der Waals surface area contributed by atoms with Crippen LogP contribution in [0.5, 0.6) is 0 Å². The molecule has 2 fully saturated rings. The van der Waals surface area contributed by atoms with Gasteiger partial charge in [0.25, 0.3) is 0 Å². The van der Waals surface area contributed by atoms with E-state index < -0.39 is 36.5 Å². The molecular formula is C23H35N3O6. The van der Waals surface area contributed by atoms with Crippen LogP contribution in [0, 0.1) is 13.8 Å². The van der Waals surface area contributed by atoms with Gasteiger partial charge in [-0.25, -0.2) is 0 Å². The van der Waals surface area contributed by atoms with Crippen molar-refractivity contribution in [2.45, 2.75) is 90.4 Å². The summed E-state index contributed by atoms with van der Waals surface area (Å²) in [6, 6.07) is 2.23. The summed E-state index contributed by atoms with van der Waals surface area (Å²) in [6.07, 6.45) is -1.35. The van der Waals surface area contributed by atoms with E-state index in [2.05, 4.69) is 30.0 Å². The van der Waals surface area contributed by atoms with Gasteiger partial charge < -0.3 is 34.2 Å². The van der Waals surface area contributed by atoms with Gasteiger partial charge in [-0.15, -0.1) is 0 Å². The Hall–Kier alpha value is -1.78. The molecule has 2 N–H and O–H groups in total. The SMILES string of the molecule is C/C(CCN1CCCc2nc(C)c(C)cc21)=N\OC[C@@H](O)[C@H]1O[C@@H]2OC(C)(C)O[C@@H]2[C@H]1O. The van der Waals surface area contributed by atoms with Crippen LogP contribution in [-0.4, -0.2) is 77.1 Å². The summed E-state index contributed by atoms with van der Waals surface area (Å²) >= 11 is 0. The Bertz CT molecular complexity index is 860. The van der Waals surface area contributed by atoms with Crippen LogP contribution in [0.15, 0.2) is 11.2 Å². The molecule has 4 heterocycles. The van der Waals surface area contributed by atoms with E-state index >= 15 is 0 Å². The maximum atomic E-state index is 10.4. The van der Waals surface area contributed by atoms with Crippen LogP contribution >= 0.6 is 0 Å². The molecule has 1 aromatic heterocycles. The van der Waals surface area contributed by atoms with Crippen molar-refractivity contribution in [2.75, 3.05) is 24.6 Å². The predicted molar refractivity (Wildman–Crippen MR) is 119 cm³/mol. The predicted octanol–water partition coefficient (Wildman–Crippen LogP) is 1.83. The number of hydrogen-bond donors (Lipinski definition) is 2. The molecule has 3 aliphatic heterocycles. The smallest absolute Gasteiger partial charge is 0.190 e. The van der Waals surface area contributed by atoms with Gasteiger partial charge in [-0.3, -0.25) is 4.98 Å². The van der Waals surface area contributed by atoms with Crippen molar-refractivity contribution < 1.29 is 29.3 Å². The summed E-state index contributed by atoms with van der Waals surface area (Å²) in [6.45, 7) is 11.3. The molecule has 0 spiro atoms. The van der Waals surface area contributed by atoms with Gasteiger partial charge in [-0.05, 0) is 59.1 Å². The Balaban J connectivity index is 1.25. The lowest BCUT2D eigenvalue weighted by molar-refractivity contribution is -0.228. The lowest BCUT2D eigenvalue weighted by Gasteiger charge is -2.31. The molecule has 0 aromatic carbocycles. The van der Waals surface area contributed by atoms with Crippen molar-refractivity contribution in [1.29, 1.82) is 0 Å². The molecule has 4 rings (SSSR count). The average Bonchev–Trinajstić information content (AvgIpc) is 3.19. The molecule has 9 heteroatoms. The van der Waals surface area contributed by atoms with Crippen molar-refractivity contribution in [3.05, 3.63) is 23.0 Å². The molecule has 9 nitrogen and oxygen atoms in total. The molecule has 0 saturated carbocycles. The van der Waals surface area contributed by atoms with Gasteiger partial charge in [-0.2, -0.15) is 0 Å². The van der Waals surface area contributed by atoms with Gasteiger partial charge in [-0.1, -0.05) is 5.16 Å². The largest absolute Gasteiger partial charge is 0.393 e. The first-order valence-electron chi connectivity index (χ1n) is 11.4. The fourth-order valence-electron chi connectivity index (χ4n) is 4.48. The summed E-state index contributed by atoms with van der Waals surface area (Å²) in [4.78, 5) is 12.5.